The Morgan fingerprint density at radius 1 is 0.778 bits per heavy atom. The van der Waals surface area contributed by atoms with Gasteiger partial charge in [0.2, 0.25) is 0 Å². The Balaban J connectivity index is 0.00000261. The summed E-state index contributed by atoms with van der Waals surface area (Å²) >= 11 is 0. The lowest BCUT2D eigenvalue weighted by Crippen LogP contribution is -2.29. The van der Waals surface area contributed by atoms with Crippen LogP contribution in [0.1, 0.15) is 30.5 Å². The number of hydrogen-bond donors (Lipinski definition) is 0. The zero-order valence-corrected chi connectivity index (χ0v) is 17.4. The smallest absolute Gasteiger partial charge is 0.161 e. The maximum absolute atomic E-state index is 5.50. The third-order valence-corrected chi connectivity index (χ3v) is 4.56. The summed E-state index contributed by atoms with van der Waals surface area (Å²) < 4.78 is 21.8. The van der Waals surface area contributed by atoms with Crippen LogP contribution in [-0.2, 0) is 6.42 Å². The van der Waals surface area contributed by atoms with Gasteiger partial charge in [0.05, 0.1) is 39.7 Å². The minimum absolute atomic E-state index is 0. The average molecular weight is 392 g/mol. The molecule has 0 bridgehead atoms. The molecule has 5 nitrogen and oxygen atoms in total. The van der Waals surface area contributed by atoms with Crippen LogP contribution in [0.4, 0.5) is 0 Å². The van der Waals surface area contributed by atoms with Crippen LogP contribution in [0.25, 0.3) is 0 Å². The highest BCUT2D eigenvalue weighted by Crippen LogP contribution is 2.38. The first kappa shape index (κ1) is 20.9. The molecule has 1 aliphatic heterocycles. The van der Waals surface area contributed by atoms with Gasteiger partial charge in [0.1, 0.15) is 0 Å². The Morgan fingerprint density at radius 2 is 1.33 bits per heavy atom. The average Bonchev–Trinajstić information content (AvgIpc) is 2.64. The van der Waals surface area contributed by atoms with Gasteiger partial charge < -0.3 is 18.9 Å². The van der Waals surface area contributed by atoms with Crippen LogP contribution < -0.4 is 18.9 Å². The third kappa shape index (κ3) is 3.98. The van der Waals surface area contributed by atoms with E-state index in [0.29, 0.717) is 17.2 Å². The monoisotopic (exact) mass is 391 g/mol. The molecule has 1 heterocycles. The highest BCUT2D eigenvalue weighted by atomic mass is 35.5. The molecule has 0 atom stereocenters. The van der Waals surface area contributed by atoms with Crippen LogP contribution in [-0.4, -0.2) is 39.7 Å². The molecule has 0 aliphatic carbocycles. The van der Waals surface area contributed by atoms with Gasteiger partial charge in [-0.1, -0.05) is 0 Å². The van der Waals surface area contributed by atoms with Crippen molar-refractivity contribution in [3.63, 3.8) is 0 Å². The summed E-state index contributed by atoms with van der Waals surface area (Å²) in [4.78, 5) is 5.01. The predicted molar refractivity (Wildman–Crippen MR) is 110 cm³/mol. The van der Waals surface area contributed by atoms with E-state index in [0.717, 1.165) is 29.0 Å². The lowest BCUT2D eigenvalue weighted by atomic mass is 9.84. The minimum Gasteiger partial charge on any atom is -0.493 e. The van der Waals surface area contributed by atoms with E-state index in [1.807, 2.05) is 30.3 Å². The molecule has 0 aromatic heterocycles. The molecule has 2 aromatic rings. The highest BCUT2D eigenvalue weighted by Gasteiger charge is 2.29. The van der Waals surface area contributed by atoms with Crippen LogP contribution in [0.3, 0.4) is 0 Å². The van der Waals surface area contributed by atoms with Crippen LogP contribution in [0, 0.1) is 0 Å². The van der Waals surface area contributed by atoms with Gasteiger partial charge in [0.25, 0.3) is 0 Å². The van der Waals surface area contributed by atoms with Crippen LogP contribution in [0.15, 0.2) is 35.3 Å². The second-order valence-corrected chi connectivity index (χ2v) is 6.88. The van der Waals surface area contributed by atoms with E-state index in [-0.39, 0.29) is 17.9 Å². The second kappa shape index (κ2) is 8.09. The van der Waals surface area contributed by atoms with Crippen LogP contribution >= 0.6 is 12.4 Å². The molecule has 0 spiro atoms. The number of benzene rings is 2. The largest absolute Gasteiger partial charge is 0.493 e. The Bertz CT molecular complexity index is 862. The molecule has 2 aromatic carbocycles. The van der Waals surface area contributed by atoms with Crippen molar-refractivity contribution < 1.29 is 18.9 Å². The van der Waals surface area contributed by atoms with E-state index in [9.17, 15) is 0 Å². The Labute approximate surface area is 166 Å². The number of rotatable bonds is 5. The number of nitrogens with zero attached hydrogens (tertiary/aromatic N) is 1. The summed E-state index contributed by atoms with van der Waals surface area (Å²) in [7, 11) is 6.56. The van der Waals surface area contributed by atoms with Crippen molar-refractivity contribution in [1.29, 1.82) is 0 Å². The number of ether oxygens (including phenoxy) is 4. The van der Waals surface area contributed by atoms with Gasteiger partial charge in [-0.3, -0.25) is 4.99 Å². The van der Waals surface area contributed by atoms with Crippen molar-refractivity contribution in [3.05, 3.63) is 47.0 Å². The lowest BCUT2D eigenvalue weighted by Gasteiger charge is -2.30. The van der Waals surface area contributed by atoms with Gasteiger partial charge in [-0.2, -0.15) is 0 Å². The van der Waals surface area contributed by atoms with E-state index < -0.39 is 0 Å². The second-order valence-electron chi connectivity index (χ2n) is 6.88. The fourth-order valence-electron chi connectivity index (χ4n) is 3.36. The van der Waals surface area contributed by atoms with Gasteiger partial charge >= 0.3 is 0 Å². The maximum Gasteiger partial charge on any atom is 0.161 e. The summed E-state index contributed by atoms with van der Waals surface area (Å²) in [5.41, 5.74) is 3.92. The summed E-state index contributed by atoms with van der Waals surface area (Å²) in [6, 6.07) is 9.91. The van der Waals surface area contributed by atoms with E-state index in [1.54, 1.807) is 28.4 Å². The summed E-state index contributed by atoms with van der Waals surface area (Å²) in [5.74, 6) is 2.80. The van der Waals surface area contributed by atoms with Crippen molar-refractivity contribution in [1.82, 2.24) is 0 Å². The first-order chi connectivity index (χ1) is 12.4. The Hall–Kier alpha value is -2.40. The molecule has 0 radical (unpaired) electrons. The van der Waals surface area contributed by atoms with Crippen molar-refractivity contribution in [3.8, 4) is 23.0 Å². The van der Waals surface area contributed by atoms with Gasteiger partial charge in [-0.15, -0.1) is 12.4 Å². The van der Waals surface area contributed by atoms with Crippen molar-refractivity contribution >= 4 is 18.1 Å². The molecule has 0 saturated heterocycles. The topological polar surface area (TPSA) is 49.3 Å². The van der Waals surface area contributed by atoms with Gasteiger partial charge in [0, 0.05) is 11.1 Å². The number of hydrogen-bond acceptors (Lipinski definition) is 5. The number of methoxy groups -OCH3 is 4. The van der Waals surface area contributed by atoms with Gasteiger partial charge in [-0.25, -0.2) is 0 Å². The molecule has 0 saturated carbocycles. The predicted octanol–water partition coefficient (Wildman–Crippen LogP) is 4.31. The molecule has 1 aliphatic rings. The summed E-state index contributed by atoms with van der Waals surface area (Å²) in [6.45, 7) is 4.26. The molecule has 0 amide bonds. The minimum atomic E-state index is -0.213. The van der Waals surface area contributed by atoms with E-state index in [1.165, 1.54) is 5.56 Å². The third-order valence-electron chi connectivity index (χ3n) is 4.56. The number of aliphatic imine (C=N–C) groups is 1. The first-order valence-corrected chi connectivity index (χ1v) is 8.50. The van der Waals surface area contributed by atoms with E-state index in [2.05, 4.69) is 13.8 Å². The fourth-order valence-corrected chi connectivity index (χ4v) is 3.36. The van der Waals surface area contributed by atoms with E-state index in [4.69, 9.17) is 23.9 Å². The molecule has 0 N–H and O–H groups in total. The Morgan fingerprint density at radius 3 is 1.93 bits per heavy atom. The van der Waals surface area contributed by atoms with Crippen LogP contribution in [0.2, 0.25) is 0 Å². The molecular formula is C21H26ClNO4. The fraction of sp³-hybridized carbons (Fsp3) is 0.381. The normalized spacial score (nSPS) is 14.4. The zero-order chi connectivity index (χ0) is 18.9. The van der Waals surface area contributed by atoms with Crippen LogP contribution in [0.5, 0.6) is 23.0 Å². The lowest BCUT2D eigenvalue weighted by molar-refractivity contribution is 0.353. The molecule has 146 valence electrons. The van der Waals surface area contributed by atoms with Crippen molar-refractivity contribution in [2.75, 3.05) is 28.4 Å². The van der Waals surface area contributed by atoms with Crippen molar-refractivity contribution in [2.45, 2.75) is 25.8 Å². The zero-order valence-electron chi connectivity index (χ0n) is 16.6. The summed E-state index contributed by atoms with van der Waals surface area (Å²) in [6.07, 6.45) is 0.833. The standard InChI is InChI=1S/C21H25NO4.ClH/c1-21(2)12-14-10-18(25-5)19(26-6)11-15(14)20(22-21)13-7-8-16(23-3)17(9-13)24-4;/h7-11H,12H2,1-6H3;1H. The molecule has 27 heavy (non-hydrogen) atoms. The quantitative estimate of drug-likeness (QED) is 0.761. The first-order valence-electron chi connectivity index (χ1n) is 8.50. The number of fused-ring (bicyclic) bond motifs is 1. The summed E-state index contributed by atoms with van der Waals surface area (Å²) in [5, 5.41) is 0. The molecule has 3 rings (SSSR count). The van der Waals surface area contributed by atoms with E-state index >= 15 is 0 Å². The maximum atomic E-state index is 5.50. The molecule has 6 heteroatoms. The Kier molecular flexibility index (Phi) is 6.26. The van der Waals surface area contributed by atoms with Gasteiger partial charge in [-0.05, 0) is 56.2 Å². The van der Waals surface area contributed by atoms with Crippen molar-refractivity contribution in [2.24, 2.45) is 4.99 Å². The number of halogens is 1. The molecule has 0 unspecified atom stereocenters. The van der Waals surface area contributed by atoms with Gasteiger partial charge in [0.15, 0.2) is 23.0 Å². The molecule has 0 fully saturated rings. The highest BCUT2D eigenvalue weighted by molar-refractivity contribution is 6.15. The molecular weight excluding hydrogens is 366 g/mol. The SMILES string of the molecule is COc1ccc(C2=NC(C)(C)Cc3cc(OC)c(OC)cc32)cc1OC.Cl.